The minimum atomic E-state index is 0.0223. The summed E-state index contributed by atoms with van der Waals surface area (Å²) in [6.45, 7) is 12.9. The average Bonchev–Trinajstić information content (AvgIpc) is 2.26. The van der Waals surface area contributed by atoms with Gasteiger partial charge in [-0.2, -0.15) is 4.98 Å². The molecule has 1 saturated heterocycles. The van der Waals surface area contributed by atoms with E-state index in [0.29, 0.717) is 0 Å². The Hall–Kier alpha value is -1.32. The quantitative estimate of drug-likeness (QED) is 0.888. The van der Waals surface area contributed by atoms with Crippen molar-refractivity contribution in [3.63, 3.8) is 0 Å². The van der Waals surface area contributed by atoms with Gasteiger partial charge < -0.3 is 10.2 Å². The third kappa shape index (κ3) is 4.08. The van der Waals surface area contributed by atoms with Gasteiger partial charge in [-0.25, -0.2) is 4.98 Å². The summed E-state index contributed by atoms with van der Waals surface area (Å²) in [7, 11) is 0. The topological polar surface area (TPSA) is 41.1 Å². The van der Waals surface area contributed by atoms with Crippen LogP contribution in [0, 0.1) is 12.8 Å². The lowest BCUT2D eigenvalue weighted by atomic mass is 10.00. The molecule has 19 heavy (non-hydrogen) atoms. The third-order valence-electron chi connectivity index (χ3n) is 3.41. The van der Waals surface area contributed by atoms with E-state index in [9.17, 15) is 0 Å². The molecule has 0 spiro atoms. The first-order valence-electron chi connectivity index (χ1n) is 7.22. The van der Waals surface area contributed by atoms with Crippen molar-refractivity contribution in [2.75, 3.05) is 23.3 Å². The monoisotopic (exact) mass is 262 g/mol. The molecule has 4 heteroatoms. The van der Waals surface area contributed by atoms with Crippen molar-refractivity contribution in [3.05, 3.63) is 11.8 Å². The van der Waals surface area contributed by atoms with Crippen molar-refractivity contribution in [2.45, 2.75) is 53.0 Å². The smallest absolute Gasteiger partial charge is 0.227 e. The molecule has 0 bridgehead atoms. The molecule has 106 valence electrons. The lowest BCUT2D eigenvalue weighted by Crippen LogP contribution is -2.34. The number of piperidine rings is 1. The highest BCUT2D eigenvalue weighted by molar-refractivity contribution is 5.45. The second kappa shape index (κ2) is 5.35. The van der Waals surface area contributed by atoms with E-state index in [0.717, 1.165) is 36.5 Å². The van der Waals surface area contributed by atoms with Crippen LogP contribution in [0.15, 0.2) is 6.07 Å². The second-order valence-corrected chi connectivity index (χ2v) is 6.74. The minimum Gasteiger partial charge on any atom is -0.365 e. The van der Waals surface area contributed by atoms with Crippen molar-refractivity contribution in [1.29, 1.82) is 0 Å². The molecule has 0 aliphatic carbocycles. The van der Waals surface area contributed by atoms with Gasteiger partial charge in [0.15, 0.2) is 0 Å². The van der Waals surface area contributed by atoms with Crippen LogP contribution in [0.3, 0.4) is 0 Å². The molecular weight excluding hydrogens is 236 g/mol. The lowest BCUT2D eigenvalue weighted by molar-refractivity contribution is 0.434. The van der Waals surface area contributed by atoms with Crippen molar-refractivity contribution in [2.24, 2.45) is 5.92 Å². The number of aryl methyl sites for hydroxylation is 1. The molecule has 2 rings (SSSR count). The normalized spacial score (nSPS) is 17.6. The van der Waals surface area contributed by atoms with Crippen LogP contribution in [0.25, 0.3) is 0 Å². The summed E-state index contributed by atoms with van der Waals surface area (Å²) < 4.78 is 0. The summed E-state index contributed by atoms with van der Waals surface area (Å²) in [5, 5.41) is 3.43. The van der Waals surface area contributed by atoms with Gasteiger partial charge in [-0.1, -0.05) is 6.92 Å². The van der Waals surface area contributed by atoms with Gasteiger partial charge in [0.1, 0.15) is 5.82 Å². The lowest BCUT2D eigenvalue weighted by Gasteiger charge is -2.31. The number of hydrogen-bond donors (Lipinski definition) is 1. The fourth-order valence-corrected chi connectivity index (χ4v) is 2.35. The molecule has 0 radical (unpaired) electrons. The zero-order valence-electron chi connectivity index (χ0n) is 12.8. The molecule has 0 saturated carbocycles. The average molecular weight is 262 g/mol. The molecule has 1 aliphatic heterocycles. The van der Waals surface area contributed by atoms with Crippen LogP contribution in [0.2, 0.25) is 0 Å². The first-order valence-corrected chi connectivity index (χ1v) is 7.22. The Balaban J connectivity index is 2.17. The predicted molar refractivity (Wildman–Crippen MR) is 80.8 cm³/mol. The highest BCUT2D eigenvalue weighted by atomic mass is 15.3. The Morgan fingerprint density at radius 2 is 1.84 bits per heavy atom. The Morgan fingerprint density at radius 3 is 2.42 bits per heavy atom. The second-order valence-electron chi connectivity index (χ2n) is 6.74. The molecule has 1 fully saturated rings. The maximum absolute atomic E-state index is 4.67. The van der Waals surface area contributed by atoms with E-state index in [1.807, 2.05) is 13.0 Å². The number of anilines is 2. The minimum absolute atomic E-state index is 0.0223. The van der Waals surface area contributed by atoms with Gasteiger partial charge in [-0.15, -0.1) is 0 Å². The third-order valence-corrected chi connectivity index (χ3v) is 3.41. The van der Waals surface area contributed by atoms with Crippen molar-refractivity contribution in [1.82, 2.24) is 9.97 Å². The highest BCUT2D eigenvalue weighted by Gasteiger charge is 2.19. The van der Waals surface area contributed by atoms with E-state index in [-0.39, 0.29) is 5.54 Å². The van der Waals surface area contributed by atoms with E-state index in [4.69, 9.17) is 0 Å². The fraction of sp³-hybridized carbons (Fsp3) is 0.733. The summed E-state index contributed by atoms with van der Waals surface area (Å²) in [5.41, 5.74) is 1.05. The Morgan fingerprint density at radius 1 is 1.21 bits per heavy atom. The van der Waals surface area contributed by atoms with Gasteiger partial charge in [0.05, 0.1) is 0 Å². The summed E-state index contributed by atoms with van der Waals surface area (Å²) in [5.74, 6) is 2.63. The van der Waals surface area contributed by atoms with E-state index in [1.165, 1.54) is 12.8 Å². The van der Waals surface area contributed by atoms with Crippen molar-refractivity contribution in [3.8, 4) is 0 Å². The van der Waals surface area contributed by atoms with Crippen molar-refractivity contribution < 1.29 is 0 Å². The number of nitrogens with zero attached hydrogens (tertiary/aromatic N) is 3. The van der Waals surface area contributed by atoms with Crippen LogP contribution in [0.1, 0.15) is 46.2 Å². The maximum atomic E-state index is 4.67. The molecule has 4 nitrogen and oxygen atoms in total. The predicted octanol–water partition coefficient (Wildman–Crippen LogP) is 3.23. The zero-order valence-corrected chi connectivity index (χ0v) is 12.8. The molecule has 2 heterocycles. The van der Waals surface area contributed by atoms with Gasteiger partial charge in [-0.3, -0.25) is 0 Å². The summed E-state index contributed by atoms with van der Waals surface area (Å²) >= 11 is 0. The van der Waals surface area contributed by atoms with E-state index in [1.54, 1.807) is 0 Å². The Labute approximate surface area is 116 Å². The molecule has 0 unspecified atom stereocenters. The van der Waals surface area contributed by atoms with Crippen molar-refractivity contribution >= 4 is 11.8 Å². The molecule has 1 aromatic heterocycles. The Bertz CT molecular complexity index is 428. The number of aromatic nitrogens is 2. The van der Waals surface area contributed by atoms with Crippen LogP contribution in [0.5, 0.6) is 0 Å². The molecule has 0 atom stereocenters. The van der Waals surface area contributed by atoms with Gasteiger partial charge in [-0.05, 0) is 46.5 Å². The summed E-state index contributed by atoms with van der Waals surface area (Å²) in [6, 6.07) is 2.02. The van der Waals surface area contributed by atoms with Gasteiger partial charge in [0.25, 0.3) is 0 Å². The van der Waals surface area contributed by atoms with Gasteiger partial charge in [0, 0.05) is 30.4 Å². The molecule has 1 aliphatic rings. The van der Waals surface area contributed by atoms with Crippen LogP contribution in [-0.2, 0) is 0 Å². The molecule has 0 amide bonds. The van der Waals surface area contributed by atoms with Crippen LogP contribution in [-0.4, -0.2) is 28.6 Å². The van der Waals surface area contributed by atoms with E-state index >= 15 is 0 Å². The first-order chi connectivity index (χ1) is 8.83. The first kappa shape index (κ1) is 14.1. The summed E-state index contributed by atoms with van der Waals surface area (Å²) in [4.78, 5) is 11.6. The fourth-order valence-electron chi connectivity index (χ4n) is 2.35. The SMILES string of the molecule is Cc1cc(NC(C)(C)C)nc(N2CCC(C)CC2)n1. The molecular formula is C15H26N4. The van der Waals surface area contributed by atoms with Crippen LogP contribution in [0.4, 0.5) is 11.8 Å². The summed E-state index contributed by atoms with van der Waals surface area (Å²) in [6.07, 6.45) is 2.47. The van der Waals surface area contributed by atoms with E-state index in [2.05, 4.69) is 47.9 Å². The zero-order chi connectivity index (χ0) is 14.0. The van der Waals surface area contributed by atoms with Crippen LogP contribution < -0.4 is 10.2 Å². The number of hydrogen-bond acceptors (Lipinski definition) is 4. The molecule has 1 N–H and O–H groups in total. The number of nitrogens with one attached hydrogen (secondary N) is 1. The maximum Gasteiger partial charge on any atom is 0.227 e. The highest BCUT2D eigenvalue weighted by Crippen LogP contribution is 2.22. The standard InChI is InChI=1S/C15H26N4/c1-11-6-8-19(9-7-11)14-16-12(2)10-13(17-14)18-15(3,4)5/h10-11H,6-9H2,1-5H3,(H,16,17,18). The van der Waals surface area contributed by atoms with E-state index < -0.39 is 0 Å². The van der Waals surface area contributed by atoms with Crippen LogP contribution >= 0.6 is 0 Å². The van der Waals surface area contributed by atoms with Gasteiger partial charge >= 0.3 is 0 Å². The van der Waals surface area contributed by atoms with Gasteiger partial charge in [0.2, 0.25) is 5.95 Å². The molecule has 1 aromatic rings. The Kier molecular flexibility index (Phi) is 3.97. The molecule has 0 aromatic carbocycles. The largest absolute Gasteiger partial charge is 0.365 e. The number of rotatable bonds is 2.